The van der Waals surface area contributed by atoms with Gasteiger partial charge in [0.25, 0.3) is 0 Å². The van der Waals surface area contributed by atoms with Crippen LogP contribution in [0.5, 0.6) is 0 Å². The van der Waals surface area contributed by atoms with E-state index in [9.17, 15) is 9.18 Å². The number of aliphatic carboxylic acids is 1. The predicted molar refractivity (Wildman–Crippen MR) is 91.9 cm³/mol. The molecule has 0 saturated heterocycles. The minimum atomic E-state index is -0.824. The van der Waals surface area contributed by atoms with Gasteiger partial charge in [-0.3, -0.25) is 4.79 Å². The first-order valence-electron chi connectivity index (χ1n) is 7.80. The average molecular weight is 323 g/mol. The van der Waals surface area contributed by atoms with Crippen molar-refractivity contribution in [3.63, 3.8) is 0 Å². The van der Waals surface area contributed by atoms with Crippen molar-refractivity contribution in [1.82, 2.24) is 4.57 Å². The molecule has 24 heavy (non-hydrogen) atoms. The van der Waals surface area contributed by atoms with Crippen LogP contribution in [0.4, 0.5) is 4.39 Å². The number of nitrogens with zero attached hydrogens (tertiary/aromatic N) is 1. The van der Waals surface area contributed by atoms with Crippen molar-refractivity contribution in [2.24, 2.45) is 0 Å². The Balaban J connectivity index is 2.09. The molecule has 0 aliphatic carbocycles. The van der Waals surface area contributed by atoms with Crippen molar-refractivity contribution in [1.29, 1.82) is 0 Å². The van der Waals surface area contributed by atoms with Crippen molar-refractivity contribution >= 4 is 5.97 Å². The molecule has 0 atom stereocenters. The Hall–Kier alpha value is -2.88. The maximum atomic E-state index is 13.2. The van der Waals surface area contributed by atoms with Gasteiger partial charge in [-0.15, -0.1) is 0 Å². The number of rotatable bonds is 5. The van der Waals surface area contributed by atoms with Crippen molar-refractivity contribution in [2.45, 2.75) is 19.8 Å². The second-order valence-corrected chi connectivity index (χ2v) is 5.78. The molecule has 2 aromatic carbocycles. The summed E-state index contributed by atoms with van der Waals surface area (Å²) in [6.07, 6.45) is 0.503. The van der Waals surface area contributed by atoms with Gasteiger partial charge < -0.3 is 9.67 Å². The minimum Gasteiger partial charge on any atom is -0.481 e. The van der Waals surface area contributed by atoms with E-state index in [0.717, 1.165) is 28.2 Å². The van der Waals surface area contributed by atoms with Gasteiger partial charge in [0.05, 0.1) is 12.1 Å². The van der Waals surface area contributed by atoms with Crippen LogP contribution in [0.1, 0.15) is 17.7 Å². The second kappa shape index (κ2) is 6.71. The summed E-state index contributed by atoms with van der Waals surface area (Å²) in [6, 6.07) is 18.3. The molecule has 0 bridgehead atoms. The third-order valence-corrected chi connectivity index (χ3v) is 3.99. The van der Waals surface area contributed by atoms with Crippen molar-refractivity contribution < 1.29 is 14.3 Å². The quantitative estimate of drug-likeness (QED) is 0.745. The Labute approximate surface area is 140 Å². The van der Waals surface area contributed by atoms with Crippen molar-refractivity contribution in [3.8, 4) is 16.9 Å². The molecule has 1 heterocycles. The van der Waals surface area contributed by atoms with Crippen molar-refractivity contribution in [3.05, 3.63) is 77.7 Å². The van der Waals surface area contributed by atoms with Crippen LogP contribution in [-0.4, -0.2) is 15.6 Å². The lowest BCUT2D eigenvalue weighted by Gasteiger charge is -2.14. The summed E-state index contributed by atoms with van der Waals surface area (Å²) in [5, 5.41) is 8.98. The van der Waals surface area contributed by atoms with E-state index in [2.05, 4.69) is 0 Å². The Bertz CT molecular complexity index is 848. The molecule has 0 aliphatic rings. The molecule has 1 aromatic heterocycles. The summed E-state index contributed by atoms with van der Waals surface area (Å²) in [5.41, 5.74) is 4.84. The molecular formula is C20H18FNO2. The zero-order valence-corrected chi connectivity index (χ0v) is 13.4. The van der Waals surface area contributed by atoms with Gasteiger partial charge >= 0.3 is 5.97 Å². The first-order chi connectivity index (χ1) is 11.5. The van der Waals surface area contributed by atoms with Crippen LogP contribution in [0.25, 0.3) is 16.9 Å². The number of aromatic nitrogens is 1. The summed E-state index contributed by atoms with van der Waals surface area (Å²) >= 11 is 0. The lowest BCUT2D eigenvalue weighted by Crippen LogP contribution is -2.05. The smallest absolute Gasteiger partial charge is 0.303 e. The molecule has 0 unspecified atom stereocenters. The lowest BCUT2D eigenvalue weighted by atomic mass is 10.1. The Kier molecular flexibility index (Phi) is 4.47. The summed E-state index contributed by atoms with van der Waals surface area (Å²) in [7, 11) is 0. The molecule has 0 amide bonds. The number of hydrogen-bond donors (Lipinski definition) is 1. The molecule has 0 saturated carbocycles. The first kappa shape index (κ1) is 16.0. The number of benzene rings is 2. The Morgan fingerprint density at radius 1 is 1.00 bits per heavy atom. The molecular weight excluding hydrogens is 305 g/mol. The maximum absolute atomic E-state index is 13.2. The van der Waals surface area contributed by atoms with Gasteiger partial charge in [-0.1, -0.05) is 17.7 Å². The molecule has 122 valence electrons. The van der Waals surface area contributed by atoms with Crippen LogP contribution in [0.2, 0.25) is 0 Å². The highest BCUT2D eigenvalue weighted by molar-refractivity contribution is 5.68. The molecule has 0 spiro atoms. The van der Waals surface area contributed by atoms with Crippen LogP contribution in [0.15, 0.2) is 60.7 Å². The van der Waals surface area contributed by atoms with Crippen LogP contribution in [0, 0.1) is 12.7 Å². The highest BCUT2D eigenvalue weighted by Gasteiger charge is 2.13. The average Bonchev–Trinajstić information content (AvgIpc) is 2.98. The first-order valence-corrected chi connectivity index (χ1v) is 7.80. The largest absolute Gasteiger partial charge is 0.481 e. The normalized spacial score (nSPS) is 10.8. The van der Waals surface area contributed by atoms with Gasteiger partial charge in [-0.2, -0.15) is 0 Å². The Morgan fingerprint density at radius 3 is 2.29 bits per heavy atom. The summed E-state index contributed by atoms with van der Waals surface area (Å²) < 4.78 is 15.3. The van der Waals surface area contributed by atoms with E-state index in [-0.39, 0.29) is 12.2 Å². The number of halogens is 1. The van der Waals surface area contributed by atoms with E-state index in [4.69, 9.17) is 5.11 Å². The summed E-state index contributed by atoms with van der Waals surface area (Å²) in [4.78, 5) is 10.9. The fraction of sp³-hybridized carbons (Fsp3) is 0.150. The number of carboxylic acids is 1. The fourth-order valence-electron chi connectivity index (χ4n) is 2.75. The van der Waals surface area contributed by atoms with E-state index >= 15 is 0 Å². The molecule has 1 N–H and O–H groups in total. The molecule has 3 aromatic rings. The second-order valence-electron chi connectivity index (χ2n) is 5.78. The number of aryl methyl sites for hydroxylation is 2. The molecule has 4 heteroatoms. The highest BCUT2D eigenvalue weighted by atomic mass is 19.1. The van der Waals surface area contributed by atoms with E-state index in [0.29, 0.717) is 6.42 Å². The molecule has 3 nitrogen and oxygen atoms in total. The molecule has 3 rings (SSSR count). The number of hydrogen-bond acceptors (Lipinski definition) is 1. The van der Waals surface area contributed by atoms with Gasteiger partial charge in [0, 0.05) is 11.4 Å². The Morgan fingerprint density at radius 2 is 1.67 bits per heavy atom. The van der Waals surface area contributed by atoms with Crippen molar-refractivity contribution in [2.75, 3.05) is 0 Å². The fourth-order valence-corrected chi connectivity index (χ4v) is 2.75. The van der Waals surface area contributed by atoms with Gasteiger partial charge in [-0.25, -0.2) is 4.39 Å². The van der Waals surface area contributed by atoms with E-state index < -0.39 is 5.97 Å². The van der Waals surface area contributed by atoms with Gasteiger partial charge in [0.1, 0.15) is 5.82 Å². The van der Waals surface area contributed by atoms with Gasteiger partial charge in [0.15, 0.2) is 0 Å². The predicted octanol–water partition coefficient (Wildman–Crippen LogP) is 4.61. The third kappa shape index (κ3) is 3.38. The van der Waals surface area contributed by atoms with Gasteiger partial charge in [-0.05, 0) is 67.4 Å². The standard InChI is InChI=1S/C20H18FNO2/c1-14-2-8-17(9-3-14)22-18(11-13-20(23)24)10-12-19(22)15-4-6-16(21)7-5-15/h2-10,12H,11,13H2,1H3,(H,23,24). The third-order valence-electron chi connectivity index (χ3n) is 3.99. The highest BCUT2D eigenvalue weighted by Crippen LogP contribution is 2.28. The monoisotopic (exact) mass is 323 g/mol. The molecule has 0 aliphatic heterocycles. The topological polar surface area (TPSA) is 42.2 Å². The minimum absolute atomic E-state index is 0.0682. The zero-order chi connectivity index (χ0) is 17.1. The zero-order valence-electron chi connectivity index (χ0n) is 13.4. The maximum Gasteiger partial charge on any atom is 0.303 e. The number of carboxylic acid groups (broad SMARTS) is 1. The van der Waals surface area contributed by atoms with E-state index in [1.165, 1.54) is 12.1 Å². The van der Waals surface area contributed by atoms with Crippen LogP contribution in [-0.2, 0) is 11.2 Å². The van der Waals surface area contributed by atoms with Crippen LogP contribution < -0.4 is 0 Å². The summed E-state index contributed by atoms with van der Waals surface area (Å²) in [5.74, 6) is -1.10. The SMILES string of the molecule is Cc1ccc(-n2c(CCC(=O)O)ccc2-c2ccc(F)cc2)cc1. The van der Waals surface area contributed by atoms with Crippen LogP contribution in [0.3, 0.4) is 0 Å². The summed E-state index contributed by atoms with van der Waals surface area (Å²) in [6.45, 7) is 2.02. The lowest BCUT2D eigenvalue weighted by molar-refractivity contribution is -0.136. The van der Waals surface area contributed by atoms with Crippen LogP contribution >= 0.6 is 0 Å². The van der Waals surface area contributed by atoms with E-state index in [1.807, 2.05) is 47.9 Å². The van der Waals surface area contributed by atoms with Gasteiger partial charge in [0.2, 0.25) is 0 Å². The van der Waals surface area contributed by atoms with E-state index in [1.54, 1.807) is 12.1 Å². The molecule has 0 radical (unpaired) electrons. The molecule has 0 fully saturated rings. The number of carbonyl (C=O) groups is 1.